The number of hydrogen-bond acceptors (Lipinski definition) is 3. The second kappa shape index (κ2) is 6.21. The number of carbonyl (C=O) groups excluding carboxylic acids is 1. The highest BCUT2D eigenvalue weighted by atomic mass is 79.9. The third kappa shape index (κ3) is 3.36. The lowest BCUT2D eigenvalue weighted by Gasteiger charge is -2.07. The summed E-state index contributed by atoms with van der Waals surface area (Å²) in [5.74, 6) is -0.388. The lowest BCUT2D eigenvalue weighted by Crippen LogP contribution is -2.14. The molecule has 4 nitrogen and oxygen atoms in total. The Hall–Kier alpha value is -1.33. The maximum absolute atomic E-state index is 11.9. The summed E-state index contributed by atoms with van der Waals surface area (Å²) < 4.78 is 7.24. The average Bonchev–Trinajstić information content (AvgIpc) is 2.74. The van der Waals surface area contributed by atoms with E-state index in [1.807, 2.05) is 12.1 Å². The fraction of sp³-hybridized carbons (Fsp3) is 0.231. The summed E-state index contributed by atoms with van der Waals surface area (Å²) in [6, 6.07) is 7.40. The van der Waals surface area contributed by atoms with Crippen LogP contribution < -0.4 is 0 Å². The van der Waals surface area contributed by atoms with Gasteiger partial charge in [0.15, 0.2) is 5.69 Å². The first-order valence-electron chi connectivity index (χ1n) is 5.74. The fourth-order valence-corrected chi connectivity index (χ4v) is 2.23. The van der Waals surface area contributed by atoms with Crippen molar-refractivity contribution in [1.29, 1.82) is 0 Å². The smallest absolute Gasteiger partial charge is 0.357 e. The van der Waals surface area contributed by atoms with Crippen LogP contribution in [0.4, 0.5) is 0 Å². The number of carbonyl (C=O) groups is 1. The SMILES string of the molecule is CCOC(=O)c1c(Br)cnn1Cc1ccc(Cl)cc1. The van der Waals surface area contributed by atoms with Gasteiger partial charge in [0.25, 0.3) is 0 Å². The van der Waals surface area contributed by atoms with Crippen LogP contribution in [0, 0.1) is 0 Å². The maximum atomic E-state index is 11.9. The third-order valence-corrected chi connectivity index (χ3v) is 3.34. The summed E-state index contributed by atoms with van der Waals surface area (Å²) >= 11 is 9.15. The predicted octanol–water partition coefficient (Wildman–Crippen LogP) is 3.52. The molecule has 2 rings (SSSR count). The minimum Gasteiger partial charge on any atom is -0.461 e. The van der Waals surface area contributed by atoms with Crippen molar-refractivity contribution in [3.63, 3.8) is 0 Å². The van der Waals surface area contributed by atoms with E-state index >= 15 is 0 Å². The van der Waals surface area contributed by atoms with Crippen molar-refractivity contribution in [1.82, 2.24) is 9.78 Å². The van der Waals surface area contributed by atoms with Crippen molar-refractivity contribution in [2.45, 2.75) is 13.5 Å². The molecule has 0 radical (unpaired) electrons. The van der Waals surface area contributed by atoms with Crippen molar-refractivity contribution in [3.8, 4) is 0 Å². The van der Waals surface area contributed by atoms with E-state index in [2.05, 4.69) is 21.0 Å². The van der Waals surface area contributed by atoms with Gasteiger partial charge in [0, 0.05) is 5.02 Å². The second-order valence-corrected chi connectivity index (χ2v) is 5.14. The molecule has 0 N–H and O–H groups in total. The first-order chi connectivity index (χ1) is 9.11. The lowest BCUT2D eigenvalue weighted by molar-refractivity contribution is 0.0511. The van der Waals surface area contributed by atoms with Gasteiger partial charge in [-0.05, 0) is 40.5 Å². The molecule has 0 saturated carbocycles. The zero-order valence-electron chi connectivity index (χ0n) is 10.3. The lowest BCUT2D eigenvalue weighted by atomic mass is 10.2. The van der Waals surface area contributed by atoms with Gasteiger partial charge in [0.05, 0.1) is 23.8 Å². The molecule has 0 aliphatic rings. The van der Waals surface area contributed by atoms with E-state index in [9.17, 15) is 4.79 Å². The highest BCUT2D eigenvalue weighted by molar-refractivity contribution is 9.10. The molecule has 0 aliphatic carbocycles. The van der Waals surface area contributed by atoms with Gasteiger partial charge in [-0.25, -0.2) is 4.79 Å². The van der Waals surface area contributed by atoms with Crippen LogP contribution in [0.25, 0.3) is 0 Å². The Morgan fingerprint density at radius 3 is 2.74 bits per heavy atom. The van der Waals surface area contributed by atoms with Gasteiger partial charge in [0.2, 0.25) is 0 Å². The molecule has 6 heteroatoms. The Morgan fingerprint density at radius 1 is 1.42 bits per heavy atom. The molecule has 19 heavy (non-hydrogen) atoms. The van der Waals surface area contributed by atoms with Crippen LogP contribution in [-0.2, 0) is 11.3 Å². The summed E-state index contributed by atoms with van der Waals surface area (Å²) in [4.78, 5) is 11.9. The Labute approximate surface area is 124 Å². The normalized spacial score (nSPS) is 10.5. The molecule has 0 atom stereocenters. The Balaban J connectivity index is 2.25. The Kier molecular flexibility index (Phi) is 4.61. The number of ether oxygens (including phenoxy) is 1. The molecule has 1 aromatic carbocycles. The van der Waals surface area contributed by atoms with E-state index in [-0.39, 0.29) is 5.97 Å². The van der Waals surface area contributed by atoms with Crippen molar-refractivity contribution >= 4 is 33.5 Å². The van der Waals surface area contributed by atoms with Gasteiger partial charge in [-0.2, -0.15) is 5.10 Å². The standard InChI is InChI=1S/C13H12BrClN2O2/c1-2-19-13(18)12-11(14)7-16-17(12)8-9-3-5-10(15)6-4-9/h3-7H,2,8H2,1H3. The molecule has 100 valence electrons. The molecule has 0 bridgehead atoms. The third-order valence-electron chi connectivity index (χ3n) is 2.51. The molecule has 2 aromatic rings. The second-order valence-electron chi connectivity index (χ2n) is 3.85. The van der Waals surface area contributed by atoms with E-state index in [0.717, 1.165) is 5.56 Å². The van der Waals surface area contributed by atoms with Crippen molar-refractivity contribution in [3.05, 3.63) is 51.2 Å². The highest BCUT2D eigenvalue weighted by Crippen LogP contribution is 2.19. The van der Waals surface area contributed by atoms with E-state index < -0.39 is 0 Å². The first-order valence-corrected chi connectivity index (χ1v) is 6.91. The van der Waals surface area contributed by atoms with Gasteiger partial charge in [0.1, 0.15) is 0 Å². The van der Waals surface area contributed by atoms with E-state index in [1.54, 1.807) is 29.9 Å². The largest absolute Gasteiger partial charge is 0.461 e. The summed E-state index contributed by atoms with van der Waals surface area (Å²) in [6.07, 6.45) is 1.59. The van der Waals surface area contributed by atoms with Crippen LogP contribution in [0.3, 0.4) is 0 Å². The Morgan fingerprint density at radius 2 is 2.11 bits per heavy atom. The minimum absolute atomic E-state index is 0.331. The van der Waals surface area contributed by atoms with Crippen LogP contribution in [0.5, 0.6) is 0 Å². The van der Waals surface area contributed by atoms with Crippen LogP contribution in [0.1, 0.15) is 23.0 Å². The zero-order valence-corrected chi connectivity index (χ0v) is 12.6. The molecule has 0 unspecified atom stereocenters. The van der Waals surface area contributed by atoms with Crippen LogP contribution in [-0.4, -0.2) is 22.4 Å². The Bertz CT molecular complexity index is 581. The molecule has 0 spiro atoms. The van der Waals surface area contributed by atoms with Crippen LogP contribution >= 0.6 is 27.5 Å². The van der Waals surface area contributed by atoms with Gasteiger partial charge >= 0.3 is 5.97 Å². The molecular formula is C13H12BrClN2O2. The molecule has 0 aliphatic heterocycles. The number of esters is 1. The average molecular weight is 344 g/mol. The van der Waals surface area contributed by atoms with E-state index in [1.165, 1.54) is 0 Å². The number of nitrogens with zero attached hydrogens (tertiary/aromatic N) is 2. The zero-order chi connectivity index (χ0) is 13.8. The monoisotopic (exact) mass is 342 g/mol. The van der Waals surface area contributed by atoms with Crippen molar-refractivity contribution < 1.29 is 9.53 Å². The number of hydrogen-bond donors (Lipinski definition) is 0. The van der Waals surface area contributed by atoms with Gasteiger partial charge in [-0.15, -0.1) is 0 Å². The summed E-state index contributed by atoms with van der Waals surface area (Å²) in [7, 11) is 0. The van der Waals surface area contributed by atoms with Crippen molar-refractivity contribution in [2.24, 2.45) is 0 Å². The predicted molar refractivity (Wildman–Crippen MR) is 76.4 cm³/mol. The molecule has 0 amide bonds. The summed E-state index contributed by atoms with van der Waals surface area (Å²) in [5, 5.41) is 4.85. The van der Waals surface area contributed by atoms with Gasteiger partial charge in [-0.3, -0.25) is 4.68 Å². The molecule has 0 fully saturated rings. The van der Waals surface area contributed by atoms with Crippen LogP contribution in [0.15, 0.2) is 34.9 Å². The van der Waals surface area contributed by atoms with E-state index in [0.29, 0.717) is 28.3 Å². The number of aromatic nitrogens is 2. The molecule has 0 saturated heterocycles. The van der Waals surface area contributed by atoms with Gasteiger partial charge < -0.3 is 4.74 Å². The first kappa shape index (κ1) is 14.1. The number of benzene rings is 1. The minimum atomic E-state index is -0.388. The highest BCUT2D eigenvalue weighted by Gasteiger charge is 2.18. The number of rotatable bonds is 4. The van der Waals surface area contributed by atoms with Gasteiger partial charge in [-0.1, -0.05) is 23.7 Å². The summed E-state index contributed by atoms with van der Waals surface area (Å²) in [5.41, 5.74) is 1.42. The molecule has 1 heterocycles. The van der Waals surface area contributed by atoms with E-state index in [4.69, 9.17) is 16.3 Å². The molecular weight excluding hydrogens is 332 g/mol. The summed E-state index contributed by atoms with van der Waals surface area (Å²) in [6.45, 7) is 2.58. The quantitative estimate of drug-likeness (QED) is 0.798. The maximum Gasteiger partial charge on any atom is 0.357 e. The number of halogens is 2. The van der Waals surface area contributed by atoms with Crippen molar-refractivity contribution in [2.75, 3.05) is 6.61 Å². The van der Waals surface area contributed by atoms with Crippen LogP contribution in [0.2, 0.25) is 5.02 Å². The fourth-order valence-electron chi connectivity index (χ4n) is 1.65. The topological polar surface area (TPSA) is 44.1 Å². The molecule has 1 aromatic heterocycles.